The number of ether oxygens (including phenoxy) is 1. The SMILES string of the molecule is CC(C)(C)OC(=O)N1C2CC1CN(C(C#N)c1ccccc1)C2. The number of benzene rings is 1. The van der Waals surface area contributed by atoms with Gasteiger partial charge < -0.3 is 4.74 Å². The molecule has 3 atom stereocenters. The highest BCUT2D eigenvalue weighted by Crippen LogP contribution is 2.37. The van der Waals surface area contributed by atoms with Crippen LogP contribution in [0.15, 0.2) is 30.3 Å². The summed E-state index contributed by atoms with van der Waals surface area (Å²) in [6, 6.07) is 12.3. The van der Waals surface area contributed by atoms with E-state index in [0.29, 0.717) is 0 Å². The van der Waals surface area contributed by atoms with E-state index in [2.05, 4.69) is 11.0 Å². The summed E-state index contributed by atoms with van der Waals surface area (Å²) in [5.74, 6) is 0. The van der Waals surface area contributed by atoms with Gasteiger partial charge in [0.1, 0.15) is 11.6 Å². The van der Waals surface area contributed by atoms with Crippen LogP contribution in [0, 0.1) is 11.3 Å². The maximum absolute atomic E-state index is 12.3. The van der Waals surface area contributed by atoms with E-state index < -0.39 is 5.60 Å². The van der Waals surface area contributed by atoms with E-state index in [1.807, 2.05) is 56.0 Å². The number of piperazine rings is 1. The van der Waals surface area contributed by atoms with Crippen LogP contribution in [0.3, 0.4) is 0 Å². The molecule has 3 unspecified atom stereocenters. The first-order valence-electron chi connectivity index (χ1n) is 8.09. The van der Waals surface area contributed by atoms with E-state index in [4.69, 9.17) is 4.74 Å². The number of nitriles is 1. The van der Waals surface area contributed by atoms with Gasteiger partial charge in [-0.15, -0.1) is 0 Å². The molecule has 5 nitrogen and oxygen atoms in total. The van der Waals surface area contributed by atoms with Crippen molar-refractivity contribution in [3.63, 3.8) is 0 Å². The molecule has 3 saturated heterocycles. The van der Waals surface area contributed by atoms with E-state index >= 15 is 0 Å². The van der Waals surface area contributed by atoms with Crippen molar-refractivity contribution in [2.24, 2.45) is 0 Å². The highest BCUT2D eigenvalue weighted by atomic mass is 16.6. The summed E-state index contributed by atoms with van der Waals surface area (Å²) < 4.78 is 5.49. The van der Waals surface area contributed by atoms with E-state index in [-0.39, 0.29) is 24.2 Å². The van der Waals surface area contributed by atoms with Crippen molar-refractivity contribution in [3.05, 3.63) is 35.9 Å². The first-order valence-corrected chi connectivity index (χ1v) is 8.09. The minimum absolute atomic E-state index is 0.156. The molecule has 1 aromatic carbocycles. The number of hydrogen-bond donors (Lipinski definition) is 0. The average Bonchev–Trinajstić information content (AvgIpc) is 2.47. The average molecular weight is 313 g/mol. The first-order chi connectivity index (χ1) is 10.9. The molecular weight excluding hydrogens is 290 g/mol. The van der Waals surface area contributed by atoms with Crippen molar-refractivity contribution in [3.8, 4) is 6.07 Å². The molecule has 3 aliphatic heterocycles. The Hall–Kier alpha value is -2.06. The topological polar surface area (TPSA) is 56.6 Å². The summed E-state index contributed by atoms with van der Waals surface area (Å²) in [6.07, 6.45) is 0.773. The van der Waals surface area contributed by atoms with Crippen molar-refractivity contribution in [2.75, 3.05) is 13.1 Å². The second kappa shape index (κ2) is 5.86. The molecule has 0 saturated carbocycles. The minimum atomic E-state index is -0.472. The maximum Gasteiger partial charge on any atom is 0.410 e. The third-order valence-electron chi connectivity index (χ3n) is 4.43. The van der Waals surface area contributed by atoms with Gasteiger partial charge in [-0.2, -0.15) is 5.26 Å². The lowest BCUT2D eigenvalue weighted by molar-refractivity contribution is -0.0816. The number of rotatable bonds is 2. The fraction of sp³-hybridized carbons (Fsp3) is 0.556. The summed E-state index contributed by atoms with van der Waals surface area (Å²) >= 11 is 0. The molecule has 0 spiro atoms. The Morgan fingerprint density at radius 1 is 1.26 bits per heavy atom. The number of nitrogens with zero attached hydrogens (tertiary/aromatic N) is 3. The lowest BCUT2D eigenvalue weighted by atomic mass is 9.86. The number of amides is 1. The van der Waals surface area contributed by atoms with Crippen molar-refractivity contribution >= 4 is 6.09 Å². The molecular formula is C18H23N3O2. The lowest BCUT2D eigenvalue weighted by Gasteiger charge is -2.56. The quantitative estimate of drug-likeness (QED) is 0.842. The highest BCUT2D eigenvalue weighted by molar-refractivity contribution is 5.70. The van der Waals surface area contributed by atoms with Crippen LogP contribution in [-0.2, 0) is 4.74 Å². The molecule has 1 aromatic rings. The molecule has 1 amide bonds. The van der Waals surface area contributed by atoms with Gasteiger partial charge in [0.2, 0.25) is 0 Å². The number of piperidine rings is 1. The molecule has 5 heteroatoms. The van der Waals surface area contributed by atoms with Gasteiger partial charge in [0.05, 0.1) is 18.2 Å². The molecule has 0 aliphatic carbocycles. The number of carbonyl (C=O) groups is 1. The van der Waals surface area contributed by atoms with Crippen LogP contribution in [-0.4, -0.2) is 46.7 Å². The van der Waals surface area contributed by atoms with Gasteiger partial charge in [-0.1, -0.05) is 30.3 Å². The summed E-state index contributed by atoms with van der Waals surface area (Å²) in [6.45, 7) is 7.10. The van der Waals surface area contributed by atoms with Crippen LogP contribution in [0.2, 0.25) is 0 Å². The second-order valence-electron chi connectivity index (χ2n) is 7.33. The van der Waals surface area contributed by atoms with Crippen molar-refractivity contribution in [1.29, 1.82) is 5.26 Å². The Kier molecular flexibility index (Phi) is 4.03. The molecule has 122 valence electrons. The predicted octanol–water partition coefficient (Wildman–Crippen LogP) is 2.94. The molecule has 23 heavy (non-hydrogen) atoms. The fourth-order valence-corrected chi connectivity index (χ4v) is 3.47. The molecule has 0 N–H and O–H groups in total. The van der Waals surface area contributed by atoms with E-state index in [9.17, 15) is 10.1 Å². The van der Waals surface area contributed by atoms with Crippen LogP contribution in [0.25, 0.3) is 0 Å². The Bertz CT molecular complexity index is 605. The Morgan fingerprint density at radius 3 is 2.39 bits per heavy atom. The third-order valence-corrected chi connectivity index (χ3v) is 4.43. The summed E-state index contributed by atoms with van der Waals surface area (Å²) in [4.78, 5) is 16.3. The standard InChI is InChI=1S/C18H23N3O2/c1-18(2,3)23-17(22)21-14-9-15(21)12-20(11-14)16(10-19)13-7-5-4-6-8-13/h4-8,14-16H,9,11-12H2,1-3H3. The van der Waals surface area contributed by atoms with Crippen LogP contribution in [0.4, 0.5) is 4.79 Å². The van der Waals surface area contributed by atoms with Gasteiger partial charge in [-0.3, -0.25) is 9.80 Å². The van der Waals surface area contributed by atoms with Gasteiger partial charge in [0.25, 0.3) is 0 Å². The van der Waals surface area contributed by atoms with Crippen LogP contribution < -0.4 is 0 Å². The number of fused-ring (bicyclic) bond motifs is 2. The minimum Gasteiger partial charge on any atom is -0.444 e. The van der Waals surface area contributed by atoms with E-state index in [0.717, 1.165) is 25.1 Å². The maximum atomic E-state index is 12.3. The van der Waals surface area contributed by atoms with E-state index in [1.165, 1.54) is 0 Å². The van der Waals surface area contributed by atoms with Crippen LogP contribution in [0.1, 0.15) is 38.8 Å². The van der Waals surface area contributed by atoms with Crippen molar-refractivity contribution in [2.45, 2.75) is 50.9 Å². The van der Waals surface area contributed by atoms with Gasteiger partial charge in [-0.25, -0.2) is 4.79 Å². The molecule has 0 radical (unpaired) electrons. The lowest BCUT2D eigenvalue weighted by Crippen LogP contribution is -2.70. The van der Waals surface area contributed by atoms with Gasteiger partial charge in [0, 0.05) is 13.1 Å². The van der Waals surface area contributed by atoms with Gasteiger partial charge >= 0.3 is 6.09 Å². The third kappa shape index (κ3) is 3.18. The Balaban J connectivity index is 1.67. The van der Waals surface area contributed by atoms with Gasteiger partial charge in [0.15, 0.2) is 0 Å². The monoisotopic (exact) mass is 313 g/mol. The zero-order valence-electron chi connectivity index (χ0n) is 13.9. The summed E-state index contributed by atoms with van der Waals surface area (Å²) in [7, 11) is 0. The normalized spacial score (nSPS) is 25.2. The van der Waals surface area contributed by atoms with Gasteiger partial charge in [-0.05, 0) is 32.8 Å². The first kappa shape index (κ1) is 15.8. The molecule has 3 fully saturated rings. The predicted molar refractivity (Wildman–Crippen MR) is 86.6 cm³/mol. The number of carbonyl (C=O) groups excluding carboxylic acids is 1. The highest BCUT2D eigenvalue weighted by Gasteiger charge is 2.50. The Labute approximate surface area is 137 Å². The van der Waals surface area contributed by atoms with E-state index in [1.54, 1.807) is 0 Å². The van der Waals surface area contributed by atoms with Crippen molar-refractivity contribution < 1.29 is 9.53 Å². The Morgan fingerprint density at radius 2 is 1.87 bits per heavy atom. The second-order valence-corrected chi connectivity index (χ2v) is 7.33. The molecule has 0 aromatic heterocycles. The molecule has 4 rings (SSSR count). The number of hydrogen-bond acceptors (Lipinski definition) is 4. The zero-order valence-corrected chi connectivity index (χ0v) is 13.9. The molecule has 3 aliphatic rings. The molecule has 3 heterocycles. The molecule has 2 bridgehead atoms. The van der Waals surface area contributed by atoms with Crippen LogP contribution >= 0.6 is 0 Å². The summed E-state index contributed by atoms with van der Waals surface area (Å²) in [5, 5.41) is 9.56. The largest absolute Gasteiger partial charge is 0.444 e. The van der Waals surface area contributed by atoms with Crippen molar-refractivity contribution in [1.82, 2.24) is 9.80 Å². The zero-order chi connectivity index (χ0) is 16.6. The van der Waals surface area contributed by atoms with Crippen LogP contribution in [0.5, 0.6) is 0 Å². The fourth-order valence-electron chi connectivity index (χ4n) is 3.47. The summed E-state index contributed by atoms with van der Waals surface area (Å²) in [5.41, 5.74) is 0.542. The smallest absolute Gasteiger partial charge is 0.410 e.